The molecule has 1 heterocycles. The van der Waals surface area contributed by atoms with E-state index in [2.05, 4.69) is 9.62 Å². The van der Waals surface area contributed by atoms with E-state index in [9.17, 15) is 8.42 Å². The van der Waals surface area contributed by atoms with Crippen molar-refractivity contribution in [1.29, 1.82) is 0 Å². The fourth-order valence-corrected chi connectivity index (χ4v) is 4.33. The molecule has 1 saturated heterocycles. The second-order valence-electron chi connectivity index (χ2n) is 7.10. The lowest BCUT2D eigenvalue weighted by molar-refractivity contribution is -0.159. The number of sulfonamides is 1. The molecular weight excluding hydrogens is 372 g/mol. The molecule has 1 aliphatic rings. The smallest absolute Gasteiger partial charge is 0.414 e. The van der Waals surface area contributed by atoms with Gasteiger partial charge in [0, 0.05) is 12.1 Å². The van der Waals surface area contributed by atoms with Gasteiger partial charge in [0.1, 0.15) is 0 Å². The molecule has 0 bridgehead atoms. The van der Waals surface area contributed by atoms with Gasteiger partial charge in [-0.2, -0.15) is 0 Å². The lowest BCUT2D eigenvalue weighted by Crippen LogP contribution is -2.51. The molecule has 27 heavy (non-hydrogen) atoms. The summed E-state index contributed by atoms with van der Waals surface area (Å²) in [5, 5.41) is 14.8. The van der Waals surface area contributed by atoms with Gasteiger partial charge in [0.15, 0.2) is 0 Å². The number of carboxylic acid groups (broad SMARTS) is 2. The van der Waals surface area contributed by atoms with Gasteiger partial charge < -0.3 is 15.1 Å². The van der Waals surface area contributed by atoms with Crippen LogP contribution in [-0.4, -0.2) is 60.6 Å². The molecule has 2 rings (SSSR count). The Morgan fingerprint density at radius 2 is 1.48 bits per heavy atom. The first kappa shape index (κ1) is 23.1. The average molecular weight is 400 g/mol. The summed E-state index contributed by atoms with van der Waals surface area (Å²) in [6, 6.07) is 8.57. The number of hydrogen-bond donors (Lipinski definition) is 3. The predicted octanol–water partition coefficient (Wildman–Crippen LogP) is 1.78. The maximum Gasteiger partial charge on any atom is 0.414 e. The van der Waals surface area contributed by atoms with Gasteiger partial charge in [-0.3, -0.25) is 0 Å². The third-order valence-electron chi connectivity index (χ3n) is 3.96. The van der Waals surface area contributed by atoms with E-state index in [1.807, 2.05) is 19.9 Å². The molecule has 0 atom stereocenters. The lowest BCUT2D eigenvalue weighted by Gasteiger charge is -2.32. The maximum absolute atomic E-state index is 12.4. The van der Waals surface area contributed by atoms with E-state index in [4.69, 9.17) is 19.8 Å². The average Bonchev–Trinajstić information content (AvgIpc) is 2.83. The number of nitrogens with one attached hydrogen (secondary N) is 1. The molecule has 1 fully saturated rings. The van der Waals surface area contributed by atoms with Crippen molar-refractivity contribution in [2.24, 2.45) is 0 Å². The highest BCUT2D eigenvalue weighted by molar-refractivity contribution is 7.89. The van der Waals surface area contributed by atoms with Crippen LogP contribution in [0.5, 0.6) is 0 Å². The molecule has 0 amide bonds. The van der Waals surface area contributed by atoms with E-state index in [0.717, 1.165) is 19.6 Å². The highest BCUT2D eigenvalue weighted by atomic mass is 32.2. The van der Waals surface area contributed by atoms with Gasteiger partial charge in [-0.1, -0.05) is 31.0 Å². The van der Waals surface area contributed by atoms with Crippen LogP contribution in [-0.2, 0) is 19.6 Å². The van der Waals surface area contributed by atoms with E-state index in [-0.39, 0.29) is 0 Å². The van der Waals surface area contributed by atoms with Crippen molar-refractivity contribution in [2.45, 2.75) is 50.0 Å². The number of benzene rings is 1. The summed E-state index contributed by atoms with van der Waals surface area (Å²) < 4.78 is 27.7. The first-order valence-corrected chi connectivity index (χ1v) is 10.3. The molecule has 3 N–H and O–H groups in total. The number of rotatable bonds is 5. The summed E-state index contributed by atoms with van der Waals surface area (Å²) in [6.45, 7) is 6.79. The minimum absolute atomic E-state index is 0.328. The second-order valence-corrected chi connectivity index (χ2v) is 8.79. The van der Waals surface area contributed by atoms with Crippen LogP contribution in [0.25, 0.3) is 0 Å². The van der Waals surface area contributed by atoms with Crippen LogP contribution in [0.15, 0.2) is 35.2 Å². The third-order valence-corrected chi connectivity index (χ3v) is 5.68. The van der Waals surface area contributed by atoms with Gasteiger partial charge in [-0.15, -0.1) is 0 Å². The van der Waals surface area contributed by atoms with Crippen LogP contribution in [0.4, 0.5) is 0 Å². The minimum atomic E-state index is -3.45. The number of carbonyl (C=O) groups is 2. The normalized spacial score (nSPS) is 15.9. The second kappa shape index (κ2) is 10.4. The zero-order valence-electron chi connectivity index (χ0n) is 15.7. The van der Waals surface area contributed by atoms with Crippen LogP contribution in [0.2, 0.25) is 0 Å². The molecule has 1 aromatic rings. The van der Waals surface area contributed by atoms with Crippen molar-refractivity contribution < 1.29 is 28.2 Å². The van der Waals surface area contributed by atoms with Gasteiger partial charge in [0.05, 0.1) is 4.90 Å². The summed E-state index contributed by atoms with van der Waals surface area (Å²) in [5.74, 6) is -3.65. The number of carboxylic acids is 2. The van der Waals surface area contributed by atoms with E-state index in [0.29, 0.717) is 4.90 Å². The van der Waals surface area contributed by atoms with Crippen molar-refractivity contribution in [2.75, 3.05) is 19.6 Å². The summed E-state index contributed by atoms with van der Waals surface area (Å²) in [7, 11) is -3.45. The third kappa shape index (κ3) is 8.98. The Morgan fingerprint density at radius 3 is 1.93 bits per heavy atom. The zero-order valence-corrected chi connectivity index (χ0v) is 16.5. The van der Waals surface area contributed by atoms with E-state index < -0.39 is 27.5 Å². The topological polar surface area (TPSA) is 124 Å². The monoisotopic (exact) mass is 400 g/mol. The van der Waals surface area contributed by atoms with Crippen LogP contribution >= 0.6 is 0 Å². The zero-order chi connectivity index (χ0) is 20.5. The van der Waals surface area contributed by atoms with Gasteiger partial charge >= 0.3 is 11.9 Å². The Morgan fingerprint density at radius 1 is 1.00 bits per heavy atom. The Kier molecular flexibility index (Phi) is 8.87. The molecule has 0 saturated carbocycles. The summed E-state index contributed by atoms with van der Waals surface area (Å²) in [5.41, 5.74) is -0.473. The number of likely N-dealkylation sites (tertiary alicyclic amines) is 1. The first-order chi connectivity index (χ1) is 12.5. The van der Waals surface area contributed by atoms with Crippen molar-refractivity contribution in [3.8, 4) is 0 Å². The molecule has 152 valence electrons. The van der Waals surface area contributed by atoms with E-state index >= 15 is 0 Å². The maximum atomic E-state index is 12.4. The highest BCUT2D eigenvalue weighted by Gasteiger charge is 2.28. The van der Waals surface area contributed by atoms with Gasteiger partial charge in [0.25, 0.3) is 0 Å². The van der Waals surface area contributed by atoms with Gasteiger partial charge in [0.2, 0.25) is 10.0 Å². The number of aliphatic carboxylic acids is 2. The fraction of sp³-hybridized carbons (Fsp3) is 0.556. The number of hydrogen-bond acceptors (Lipinski definition) is 5. The minimum Gasteiger partial charge on any atom is -0.473 e. The van der Waals surface area contributed by atoms with E-state index in [1.165, 1.54) is 25.7 Å². The molecule has 1 aromatic carbocycles. The largest absolute Gasteiger partial charge is 0.473 e. The first-order valence-electron chi connectivity index (χ1n) is 8.81. The Bertz CT molecular complexity index is 699. The van der Waals surface area contributed by atoms with Crippen molar-refractivity contribution in [3.63, 3.8) is 0 Å². The summed E-state index contributed by atoms with van der Waals surface area (Å²) >= 11 is 0. The van der Waals surface area contributed by atoms with Crippen molar-refractivity contribution in [3.05, 3.63) is 30.3 Å². The van der Waals surface area contributed by atoms with Gasteiger partial charge in [-0.25, -0.2) is 22.7 Å². The number of nitrogens with zero attached hydrogens (tertiary/aromatic N) is 1. The van der Waals surface area contributed by atoms with Crippen molar-refractivity contribution >= 4 is 22.0 Å². The molecule has 1 aliphatic heterocycles. The van der Waals surface area contributed by atoms with E-state index in [1.54, 1.807) is 24.3 Å². The van der Waals surface area contributed by atoms with Crippen LogP contribution in [0, 0.1) is 0 Å². The fourth-order valence-electron chi connectivity index (χ4n) is 2.91. The highest BCUT2D eigenvalue weighted by Crippen LogP contribution is 2.16. The Labute approximate surface area is 160 Å². The Hall–Kier alpha value is -1.97. The molecule has 8 nitrogen and oxygen atoms in total. The van der Waals surface area contributed by atoms with Crippen molar-refractivity contribution in [1.82, 2.24) is 9.62 Å². The summed E-state index contributed by atoms with van der Waals surface area (Å²) in [4.78, 5) is 20.9. The quantitative estimate of drug-likeness (QED) is 0.644. The van der Waals surface area contributed by atoms with Crippen LogP contribution in [0.3, 0.4) is 0 Å². The molecule has 0 spiro atoms. The predicted molar refractivity (Wildman–Crippen MR) is 101 cm³/mol. The Balaban J connectivity index is 0.000000527. The standard InChI is InChI=1S/C16H26N2O2S.C2H2O4/c1-16(2,14-18-12-8-3-4-9-13-18)17-21(19,20)15-10-6-5-7-11-15;3-1(4)2(5)6/h5-7,10-11,17H,3-4,8-9,12-14H2,1-2H3;(H,3,4)(H,5,6). The summed E-state index contributed by atoms with van der Waals surface area (Å²) in [6.07, 6.45) is 4.99. The SMILES string of the molecule is CC(C)(CN1CCCCCC1)NS(=O)(=O)c1ccccc1.O=C(O)C(=O)O. The molecular formula is C18H28N2O6S. The molecule has 9 heteroatoms. The van der Waals surface area contributed by atoms with Gasteiger partial charge in [-0.05, 0) is 51.9 Å². The molecule has 0 radical (unpaired) electrons. The molecule has 0 unspecified atom stereocenters. The van der Waals surface area contributed by atoms with Crippen LogP contribution < -0.4 is 4.72 Å². The molecule has 0 aromatic heterocycles. The van der Waals surface area contributed by atoms with Crippen LogP contribution in [0.1, 0.15) is 39.5 Å². The lowest BCUT2D eigenvalue weighted by atomic mass is 10.1. The molecule has 0 aliphatic carbocycles.